The number of carbonyl (C=O) groups excluding carboxylic acids is 1. The molecular formula is C15H19BrN2O3S. The molecule has 1 aliphatic heterocycles. The molecule has 0 bridgehead atoms. The Morgan fingerprint density at radius 1 is 1.23 bits per heavy atom. The molecule has 22 heavy (non-hydrogen) atoms. The Kier molecular flexibility index (Phi) is 4.31. The van der Waals surface area contributed by atoms with E-state index in [4.69, 9.17) is 0 Å². The summed E-state index contributed by atoms with van der Waals surface area (Å²) >= 11 is 3.30. The van der Waals surface area contributed by atoms with E-state index in [1.54, 1.807) is 29.2 Å². The first-order valence-electron chi connectivity index (χ1n) is 7.44. The zero-order chi connectivity index (χ0) is 15.9. The highest BCUT2D eigenvalue weighted by molar-refractivity contribution is 9.10. The van der Waals surface area contributed by atoms with Gasteiger partial charge in [-0.1, -0.05) is 28.9 Å². The van der Waals surface area contributed by atoms with Gasteiger partial charge in [-0.05, 0) is 30.5 Å². The van der Waals surface area contributed by atoms with Crippen molar-refractivity contribution in [1.82, 2.24) is 9.21 Å². The van der Waals surface area contributed by atoms with E-state index in [1.807, 2.05) is 0 Å². The summed E-state index contributed by atoms with van der Waals surface area (Å²) in [6.45, 7) is 3.77. The highest BCUT2D eigenvalue weighted by atomic mass is 79.9. The van der Waals surface area contributed by atoms with Crippen molar-refractivity contribution in [2.45, 2.75) is 18.2 Å². The quantitative estimate of drug-likeness (QED) is 0.797. The molecule has 1 aromatic rings. The van der Waals surface area contributed by atoms with Crippen molar-refractivity contribution in [3.8, 4) is 0 Å². The first kappa shape index (κ1) is 16.0. The lowest BCUT2D eigenvalue weighted by molar-refractivity contribution is -0.134. The van der Waals surface area contributed by atoms with Crippen LogP contribution in [0.2, 0.25) is 0 Å². The minimum absolute atomic E-state index is 0.160. The normalized spacial score (nSPS) is 26.0. The maximum atomic E-state index is 12.6. The van der Waals surface area contributed by atoms with Gasteiger partial charge in [0.05, 0.1) is 4.90 Å². The third kappa shape index (κ3) is 3.07. The number of halogens is 1. The molecule has 3 rings (SSSR count). The first-order chi connectivity index (χ1) is 10.4. The van der Waals surface area contributed by atoms with Crippen molar-refractivity contribution >= 4 is 31.9 Å². The molecule has 2 aliphatic rings. The van der Waals surface area contributed by atoms with Crippen molar-refractivity contribution in [3.63, 3.8) is 0 Å². The minimum atomic E-state index is -3.48. The van der Waals surface area contributed by atoms with Crippen LogP contribution >= 0.6 is 15.9 Å². The van der Waals surface area contributed by atoms with Gasteiger partial charge in [-0.15, -0.1) is 0 Å². The van der Waals surface area contributed by atoms with Crippen molar-refractivity contribution in [2.75, 3.05) is 26.2 Å². The number of hydrogen-bond donors (Lipinski definition) is 0. The molecule has 120 valence electrons. The average Bonchev–Trinajstić information content (AvgIpc) is 3.23. The SMILES string of the molecule is CC1CC1C(=O)N1CCN(S(=O)(=O)c2cccc(Br)c2)CC1. The van der Waals surface area contributed by atoms with Gasteiger partial charge in [0.2, 0.25) is 15.9 Å². The van der Waals surface area contributed by atoms with Crippen LogP contribution in [0.5, 0.6) is 0 Å². The second kappa shape index (κ2) is 5.94. The summed E-state index contributed by atoms with van der Waals surface area (Å²) in [5, 5.41) is 0. The van der Waals surface area contributed by atoms with Crippen LogP contribution in [0.4, 0.5) is 0 Å². The average molecular weight is 387 g/mol. The predicted octanol–water partition coefficient (Wildman–Crippen LogP) is 1.94. The zero-order valence-corrected chi connectivity index (χ0v) is 14.8. The molecule has 0 N–H and O–H groups in total. The van der Waals surface area contributed by atoms with E-state index in [0.29, 0.717) is 32.1 Å². The lowest BCUT2D eigenvalue weighted by atomic mass is 10.2. The topological polar surface area (TPSA) is 57.7 Å². The monoisotopic (exact) mass is 386 g/mol. The molecule has 5 nitrogen and oxygen atoms in total. The van der Waals surface area contributed by atoms with Crippen molar-refractivity contribution in [1.29, 1.82) is 0 Å². The lowest BCUT2D eigenvalue weighted by Gasteiger charge is -2.34. The summed E-state index contributed by atoms with van der Waals surface area (Å²) in [6, 6.07) is 6.72. The zero-order valence-electron chi connectivity index (χ0n) is 12.4. The van der Waals surface area contributed by atoms with Gasteiger partial charge in [-0.25, -0.2) is 8.42 Å². The van der Waals surface area contributed by atoms with E-state index in [2.05, 4.69) is 22.9 Å². The second-order valence-electron chi connectivity index (χ2n) is 6.01. The summed E-state index contributed by atoms with van der Waals surface area (Å²) in [6.07, 6.45) is 0.968. The summed E-state index contributed by atoms with van der Waals surface area (Å²) in [5.74, 6) is 0.830. The molecule has 0 radical (unpaired) electrons. The van der Waals surface area contributed by atoms with Crippen molar-refractivity contribution in [3.05, 3.63) is 28.7 Å². The molecule has 1 amide bonds. The number of amides is 1. The Labute approximate surface area is 139 Å². The van der Waals surface area contributed by atoms with Crippen LogP contribution in [0.3, 0.4) is 0 Å². The first-order valence-corrected chi connectivity index (χ1v) is 9.67. The summed E-state index contributed by atoms with van der Waals surface area (Å²) < 4.78 is 27.4. The molecule has 0 aromatic heterocycles. The van der Waals surface area contributed by atoms with Crippen LogP contribution in [0, 0.1) is 11.8 Å². The van der Waals surface area contributed by atoms with Crippen LogP contribution in [0.1, 0.15) is 13.3 Å². The Bertz CT molecular complexity index is 684. The molecule has 2 unspecified atom stereocenters. The van der Waals surface area contributed by atoms with Gasteiger partial charge in [0, 0.05) is 36.6 Å². The van der Waals surface area contributed by atoms with Gasteiger partial charge in [0.25, 0.3) is 0 Å². The smallest absolute Gasteiger partial charge is 0.243 e. The summed E-state index contributed by atoms with van der Waals surface area (Å²) in [7, 11) is -3.48. The molecule has 1 saturated heterocycles. The molecule has 0 spiro atoms. The Hall–Kier alpha value is -0.920. The fraction of sp³-hybridized carbons (Fsp3) is 0.533. The lowest BCUT2D eigenvalue weighted by Crippen LogP contribution is -2.51. The molecule has 2 atom stereocenters. The number of rotatable bonds is 3. The van der Waals surface area contributed by atoms with Gasteiger partial charge >= 0.3 is 0 Å². The van der Waals surface area contributed by atoms with E-state index >= 15 is 0 Å². The van der Waals surface area contributed by atoms with Crippen molar-refractivity contribution in [2.24, 2.45) is 11.8 Å². The van der Waals surface area contributed by atoms with Crippen LogP contribution in [-0.2, 0) is 14.8 Å². The summed E-state index contributed by atoms with van der Waals surface area (Å²) in [5.41, 5.74) is 0. The van der Waals surface area contributed by atoms with Crippen molar-refractivity contribution < 1.29 is 13.2 Å². The third-order valence-corrected chi connectivity index (χ3v) is 6.80. The standard InChI is InChI=1S/C15H19BrN2O3S/c1-11-9-14(11)15(19)17-5-7-18(8-6-17)22(20,21)13-4-2-3-12(16)10-13/h2-4,10-11,14H,5-9H2,1H3. The molecule has 7 heteroatoms. The number of carbonyl (C=O) groups is 1. The van der Waals surface area contributed by atoms with Crippen LogP contribution < -0.4 is 0 Å². The number of benzene rings is 1. The Morgan fingerprint density at radius 2 is 1.86 bits per heavy atom. The number of nitrogens with zero attached hydrogens (tertiary/aromatic N) is 2. The molecule has 2 fully saturated rings. The molecule has 1 saturated carbocycles. The van der Waals surface area contributed by atoms with Crippen LogP contribution in [-0.4, -0.2) is 49.7 Å². The molecule has 1 heterocycles. The maximum Gasteiger partial charge on any atom is 0.243 e. The second-order valence-corrected chi connectivity index (χ2v) is 8.86. The van der Waals surface area contributed by atoms with Gasteiger partial charge in [-0.3, -0.25) is 4.79 Å². The van der Waals surface area contributed by atoms with E-state index < -0.39 is 10.0 Å². The van der Waals surface area contributed by atoms with E-state index in [1.165, 1.54) is 4.31 Å². The van der Waals surface area contributed by atoms with Gasteiger partial charge in [0.1, 0.15) is 0 Å². The van der Waals surface area contributed by atoms with Gasteiger partial charge < -0.3 is 4.90 Å². The molecule has 1 aliphatic carbocycles. The van der Waals surface area contributed by atoms with E-state index in [0.717, 1.165) is 10.9 Å². The van der Waals surface area contributed by atoms with E-state index in [9.17, 15) is 13.2 Å². The number of piperazine rings is 1. The number of hydrogen-bond acceptors (Lipinski definition) is 3. The van der Waals surface area contributed by atoms with Crippen LogP contribution in [0.15, 0.2) is 33.6 Å². The molecular weight excluding hydrogens is 368 g/mol. The molecule has 1 aromatic carbocycles. The predicted molar refractivity (Wildman–Crippen MR) is 86.8 cm³/mol. The highest BCUT2D eigenvalue weighted by Crippen LogP contribution is 2.39. The Morgan fingerprint density at radius 3 is 2.41 bits per heavy atom. The largest absolute Gasteiger partial charge is 0.340 e. The number of sulfonamides is 1. The van der Waals surface area contributed by atoms with Gasteiger partial charge in [-0.2, -0.15) is 4.31 Å². The Balaban J connectivity index is 1.67. The van der Waals surface area contributed by atoms with Crippen LogP contribution in [0.25, 0.3) is 0 Å². The fourth-order valence-corrected chi connectivity index (χ4v) is 4.85. The third-order valence-electron chi connectivity index (χ3n) is 4.41. The highest BCUT2D eigenvalue weighted by Gasteiger charge is 2.42. The fourth-order valence-electron chi connectivity index (χ4n) is 2.83. The minimum Gasteiger partial charge on any atom is -0.340 e. The summed E-state index contributed by atoms with van der Waals surface area (Å²) in [4.78, 5) is 14.3. The van der Waals surface area contributed by atoms with E-state index in [-0.39, 0.29) is 16.7 Å². The maximum absolute atomic E-state index is 12.6. The van der Waals surface area contributed by atoms with Gasteiger partial charge in [0.15, 0.2) is 0 Å².